The number of hydrogen-bond acceptors (Lipinski definition) is 3. The molecular weight excluding hydrogens is 232 g/mol. The van der Waals surface area contributed by atoms with E-state index in [0.717, 1.165) is 0 Å². The molecule has 2 nitrogen and oxygen atoms in total. The summed E-state index contributed by atoms with van der Waals surface area (Å²) in [5.74, 6) is 0. The van der Waals surface area contributed by atoms with Crippen molar-refractivity contribution < 1.29 is 9.84 Å². The molecule has 1 aromatic rings. The average Bonchev–Trinajstić information content (AvgIpc) is 2.18. The van der Waals surface area contributed by atoms with Gasteiger partial charge in [-0.25, -0.2) is 0 Å². The molecule has 1 N–H and O–H groups in total. The van der Waals surface area contributed by atoms with E-state index >= 15 is 0 Å². The molecule has 0 saturated carbocycles. The molecule has 0 amide bonds. The van der Waals surface area contributed by atoms with E-state index in [1.54, 1.807) is 31.2 Å². The third-order valence-electron chi connectivity index (χ3n) is 2.08. The van der Waals surface area contributed by atoms with Gasteiger partial charge in [-0.15, -0.1) is 0 Å². The first-order chi connectivity index (χ1) is 6.98. The van der Waals surface area contributed by atoms with Crippen molar-refractivity contribution in [3.8, 4) is 0 Å². The lowest BCUT2D eigenvalue weighted by molar-refractivity contribution is 0.102. The van der Waals surface area contributed by atoms with Crippen molar-refractivity contribution in [2.75, 3.05) is 6.61 Å². The van der Waals surface area contributed by atoms with Gasteiger partial charge in [0.2, 0.25) is 0 Å². The zero-order valence-corrected chi connectivity index (χ0v) is 10.2. The van der Waals surface area contributed by atoms with Crippen LogP contribution in [0.25, 0.3) is 0 Å². The maximum atomic E-state index is 10.2. The number of thiocarbonyl (C=S) groups is 1. The second-order valence-corrected chi connectivity index (χ2v) is 4.11. The number of rotatable bonds is 3. The fourth-order valence-electron chi connectivity index (χ4n) is 1.16. The Morgan fingerprint density at radius 2 is 2.00 bits per heavy atom. The number of hydrogen-bond donors (Lipinski definition) is 1. The second-order valence-electron chi connectivity index (χ2n) is 3.30. The molecule has 0 heterocycles. The van der Waals surface area contributed by atoms with Crippen LogP contribution in [-0.4, -0.2) is 16.8 Å². The topological polar surface area (TPSA) is 29.5 Å². The fourth-order valence-corrected chi connectivity index (χ4v) is 1.53. The van der Waals surface area contributed by atoms with Gasteiger partial charge in [0, 0.05) is 5.02 Å². The molecule has 0 aliphatic rings. The Hall–Kier alpha value is -0.640. The maximum Gasteiger partial charge on any atom is 0.196 e. The van der Waals surface area contributed by atoms with Gasteiger partial charge in [0.15, 0.2) is 10.7 Å². The third-order valence-corrected chi connectivity index (χ3v) is 2.85. The largest absolute Gasteiger partial charge is 0.484 e. The molecule has 82 valence electrons. The normalized spacial score (nSPS) is 14.4. The quantitative estimate of drug-likeness (QED) is 0.830. The smallest absolute Gasteiger partial charge is 0.196 e. The van der Waals surface area contributed by atoms with Crippen LogP contribution in [0.5, 0.6) is 0 Å². The van der Waals surface area contributed by atoms with Crippen LogP contribution in [0.4, 0.5) is 0 Å². The van der Waals surface area contributed by atoms with Gasteiger partial charge in [-0.1, -0.05) is 23.7 Å². The van der Waals surface area contributed by atoms with Crippen molar-refractivity contribution in [3.63, 3.8) is 0 Å². The summed E-state index contributed by atoms with van der Waals surface area (Å²) >= 11 is 10.8. The SMILES string of the molecule is CCOC(=S)C(C)(O)c1ccc(Cl)cc1. The van der Waals surface area contributed by atoms with Crippen LogP contribution in [0.2, 0.25) is 5.02 Å². The first-order valence-electron chi connectivity index (χ1n) is 4.64. The zero-order chi connectivity index (χ0) is 11.5. The first kappa shape index (κ1) is 12.4. The molecule has 4 heteroatoms. The molecular formula is C11H13ClO2S. The number of halogens is 1. The highest BCUT2D eigenvalue weighted by atomic mass is 35.5. The predicted molar refractivity (Wildman–Crippen MR) is 65.2 cm³/mol. The number of aliphatic hydroxyl groups is 1. The summed E-state index contributed by atoms with van der Waals surface area (Å²) in [5.41, 5.74) is -0.582. The maximum absolute atomic E-state index is 10.2. The van der Waals surface area contributed by atoms with Gasteiger partial charge in [0.25, 0.3) is 0 Å². The van der Waals surface area contributed by atoms with Gasteiger partial charge in [-0.3, -0.25) is 0 Å². The van der Waals surface area contributed by atoms with Crippen LogP contribution >= 0.6 is 23.8 Å². The molecule has 1 unspecified atom stereocenters. The highest BCUT2D eigenvalue weighted by Gasteiger charge is 2.29. The minimum atomic E-state index is -1.25. The average molecular weight is 245 g/mol. The van der Waals surface area contributed by atoms with Crippen LogP contribution in [0, 0.1) is 0 Å². The minimum Gasteiger partial charge on any atom is -0.484 e. The Balaban J connectivity index is 2.94. The molecule has 0 spiro atoms. The Bertz CT molecular complexity index is 346. The Morgan fingerprint density at radius 3 is 2.47 bits per heavy atom. The molecule has 0 aromatic heterocycles. The Labute approximate surface area is 99.8 Å². The van der Waals surface area contributed by atoms with Gasteiger partial charge in [0.05, 0.1) is 6.61 Å². The van der Waals surface area contributed by atoms with Gasteiger partial charge in [-0.05, 0) is 43.8 Å². The molecule has 0 aliphatic heterocycles. The molecule has 15 heavy (non-hydrogen) atoms. The molecule has 1 rings (SSSR count). The van der Waals surface area contributed by atoms with Crippen molar-refractivity contribution in [1.29, 1.82) is 0 Å². The Kier molecular flexibility index (Phi) is 4.08. The van der Waals surface area contributed by atoms with Crippen LogP contribution in [0.15, 0.2) is 24.3 Å². The summed E-state index contributed by atoms with van der Waals surface area (Å²) in [4.78, 5) is 0. The summed E-state index contributed by atoms with van der Waals surface area (Å²) < 4.78 is 5.14. The molecule has 0 aliphatic carbocycles. The third kappa shape index (κ3) is 2.91. The van der Waals surface area contributed by atoms with E-state index in [-0.39, 0.29) is 5.05 Å². The summed E-state index contributed by atoms with van der Waals surface area (Å²) in [6, 6.07) is 6.88. The molecule has 0 fully saturated rings. The van der Waals surface area contributed by atoms with Gasteiger partial charge in [0.1, 0.15) is 0 Å². The van der Waals surface area contributed by atoms with E-state index in [1.165, 1.54) is 0 Å². The van der Waals surface area contributed by atoms with Gasteiger partial charge < -0.3 is 9.84 Å². The summed E-state index contributed by atoms with van der Waals surface area (Å²) in [5, 5.41) is 11.0. The van der Waals surface area contributed by atoms with Crippen molar-refractivity contribution in [2.24, 2.45) is 0 Å². The van der Waals surface area contributed by atoms with Crippen molar-refractivity contribution in [3.05, 3.63) is 34.9 Å². The highest BCUT2D eigenvalue weighted by molar-refractivity contribution is 7.80. The lowest BCUT2D eigenvalue weighted by Gasteiger charge is -2.24. The molecule has 0 saturated heterocycles. The van der Waals surface area contributed by atoms with E-state index in [2.05, 4.69) is 0 Å². The second kappa shape index (κ2) is 4.92. The van der Waals surface area contributed by atoms with Crippen LogP contribution in [0.1, 0.15) is 19.4 Å². The van der Waals surface area contributed by atoms with Crippen molar-refractivity contribution in [2.45, 2.75) is 19.4 Å². The molecule has 0 bridgehead atoms. The summed E-state index contributed by atoms with van der Waals surface area (Å²) in [6.07, 6.45) is 0. The van der Waals surface area contributed by atoms with Crippen LogP contribution < -0.4 is 0 Å². The van der Waals surface area contributed by atoms with E-state index in [4.69, 9.17) is 28.6 Å². The number of benzene rings is 1. The molecule has 1 atom stereocenters. The van der Waals surface area contributed by atoms with Crippen LogP contribution in [-0.2, 0) is 10.3 Å². The van der Waals surface area contributed by atoms with E-state index in [1.807, 2.05) is 6.92 Å². The number of ether oxygens (including phenoxy) is 1. The molecule has 0 radical (unpaired) electrons. The summed E-state index contributed by atoms with van der Waals surface area (Å²) in [6.45, 7) is 3.88. The lowest BCUT2D eigenvalue weighted by Crippen LogP contribution is -2.32. The minimum absolute atomic E-state index is 0.173. The van der Waals surface area contributed by atoms with Crippen LogP contribution in [0.3, 0.4) is 0 Å². The molecule has 1 aromatic carbocycles. The monoisotopic (exact) mass is 244 g/mol. The van der Waals surface area contributed by atoms with Crippen molar-refractivity contribution in [1.82, 2.24) is 0 Å². The van der Waals surface area contributed by atoms with E-state index in [0.29, 0.717) is 17.2 Å². The Morgan fingerprint density at radius 1 is 1.47 bits per heavy atom. The van der Waals surface area contributed by atoms with E-state index < -0.39 is 5.60 Å². The zero-order valence-electron chi connectivity index (χ0n) is 8.66. The standard InChI is InChI=1S/C11H13ClO2S/c1-3-14-10(15)11(2,13)8-4-6-9(12)7-5-8/h4-7,13H,3H2,1-2H3. The van der Waals surface area contributed by atoms with Gasteiger partial charge >= 0.3 is 0 Å². The lowest BCUT2D eigenvalue weighted by atomic mass is 9.97. The van der Waals surface area contributed by atoms with E-state index in [9.17, 15) is 5.11 Å². The van der Waals surface area contributed by atoms with Gasteiger partial charge in [-0.2, -0.15) is 0 Å². The summed E-state index contributed by atoms with van der Waals surface area (Å²) in [7, 11) is 0. The fraction of sp³-hybridized carbons (Fsp3) is 0.364. The van der Waals surface area contributed by atoms with Crippen molar-refractivity contribution >= 4 is 28.9 Å². The first-order valence-corrected chi connectivity index (χ1v) is 5.42. The predicted octanol–water partition coefficient (Wildman–Crippen LogP) is 2.91. The highest BCUT2D eigenvalue weighted by Crippen LogP contribution is 2.24.